The Hall–Kier alpha value is -2.83. The molecule has 2 aromatic carbocycles. The van der Waals surface area contributed by atoms with Crippen LogP contribution in [0.1, 0.15) is 49.7 Å². The molecule has 3 fully saturated rings. The Balaban J connectivity index is 1.38. The second-order valence-electron chi connectivity index (χ2n) is 11.2. The summed E-state index contributed by atoms with van der Waals surface area (Å²) in [6, 6.07) is 15.9. The fourth-order valence-corrected chi connectivity index (χ4v) is 6.52. The van der Waals surface area contributed by atoms with Crippen molar-refractivity contribution in [2.24, 2.45) is 5.92 Å². The van der Waals surface area contributed by atoms with Gasteiger partial charge in [0.2, 0.25) is 5.91 Å². The molecule has 3 atom stereocenters. The van der Waals surface area contributed by atoms with E-state index < -0.39 is 11.0 Å². The first-order chi connectivity index (χ1) is 17.9. The lowest BCUT2D eigenvalue weighted by Crippen LogP contribution is -2.67. The van der Waals surface area contributed by atoms with Gasteiger partial charge < -0.3 is 24.4 Å². The highest BCUT2D eigenvalue weighted by molar-refractivity contribution is 5.91. The minimum absolute atomic E-state index is 0.0229. The van der Waals surface area contributed by atoms with Crippen molar-refractivity contribution in [1.29, 1.82) is 0 Å². The van der Waals surface area contributed by atoms with Gasteiger partial charge in [-0.3, -0.25) is 4.79 Å². The molecule has 5 rings (SSSR count). The van der Waals surface area contributed by atoms with Crippen LogP contribution in [0, 0.1) is 5.92 Å². The van der Waals surface area contributed by atoms with Gasteiger partial charge in [0, 0.05) is 37.7 Å². The standard InChI is InChI=1S/C31H40N2O4/c1-32(29(34)13-12-23-6-4-8-27(18-23)36-2)26-14-15-31(35)22-33(21-24-10-11-24)17-16-30(31,20-26)25-7-5-9-28(19-25)37-3/h4-9,12-13,18-19,24,26,35H,10-11,14-17,20-22H2,1-3H3/t26-,30-,31-/m0/s1. The SMILES string of the molecule is COc1cccc(C=CC(=O)N(C)[C@H]2CC[C@]3(O)CN(CC4CC4)CC[C@@]3(c3cccc(OC)c3)C2)c1. The molecule has 1 saturated heterocycles. The molecule has 6 nitrogen and oxygen atoms in total. The van der Waals surface area contributed by atoms with Crippen LogP contribution < -0.4 is 9.47 Å². The first-order valence-electron chi connectivity index (χ1n) is 13.5. The maximum atomic E-state index is 13.2. The summed E-state index contributed by atoms with van der Waals surface area (Å²) >= 11 is 0. The number of carbonyl (C=O) groups excluding carboxylic acids is 1. The first-order valence-corrected chi connectivity index (χ1v) is 13.5. The van der Waals surface area contributed by atoms with E-state index in [1.165, 1.54) is 12.8 Å². The lowest BCUT2D eigenvalue weighted by molar-refractivity contribution is -0.144. The number of methoxy groups -OCH3 is 2. The number of likely N-dealkylation sites (tertiary alicyclic amines) is 1. The molecular weight excluding hydrogens is 464 g/mol. The predicted molar refractivity (Wildman–Crippen MR) is 146 cm³/mol. The number of amides is 1. The van der Waals surface area contributed by atoms with Crippen LogP contribution in [-0.4, -0.2) is 73.4 Å². The van der Waals surface area contributed by atoms with Gasteiger partial charge in [0.25, 0.3) is 0 Å². The zero-order valence-electron chi connectivity index (χ0n) is 22.4. The summed E-state index contributed by atoms with van der Waals surface area (Å²) in [5.41, 5.74) is 0.798. The number of aliphatic hydroxyl groups is 1. The number of hydrogen-bond donors (Lipinski definition) is 1. The van der Waals surface area contributed by atoms with Crippen LogP contribution in [0.3, 0.4) is 0 Å². The van der Waals surface area contributed by atoms with E-state index in [0.29, 0.717) is 13.0 Å². The molecule has 0 spiro atoms. The summed E-state index contributed by atoms with van der Waals surface area (Å²) in [4.78, 5) is 17.6. The molecule has 3 aliphatic rings. The maximum absolute atomic E-state index is 13.2. The van der Waals surface area contributed by atoms with Gasteiger partial charge in [-0.05, 0) is 92.5 Å². The third kappa shape index (κ3) is 5.27. The van der Waals surface area contributed by atoms with Crippen LogP contribution in [0.4, 0.5) is 0 Å². The Labute approximate surface area is 220 Å². The van der Waals surface area contributed by atoms with Crippen LogP contribution in [0.2, 0.25) is 0 Å². The maximum Gasteiger partial charge on any atom is 0.246 e. The smallest absolute Gasteiger partial charge is 0.246 e. The molecule has 1 heterocycles. The molecule has 198 valence electrons. The van der Waals surface area contributed by atoms with Gasteiger partial charge in [-0.1, -0.05) is 24.3 Å². The summed E-state index contributed by atoms with van der Waals surface area (Å²) in [5.74, 6) is 2.35. The quantitative estimate of drug-likeness (QED) is 0.536. The van der Waals surface area contributed by atoms with E-state index in [1.807, 2.05) is 54.4 Å². The molecule has 37 heavy (non-hydrogen) atoms. The van der Waals surface area contributed by atoms with E-state index in [-0.39, 0.29) is 11.9 Å². The van der Waals surface area contributed by atoms with E-state index in [2.05, 4.69) is 17.0 Å². The average Bonchev–Trinajstić information content (AvgIpc) is 3.75. The lowest BCUT2D eigenvalue weighted by atomic mass is 9.55. The fourth-order valence-electron chi connectivity index (χ4n) is 6.52. The number of carbonyl (C=O) groups is 1. The first kappa shape index (κ1) is 25.8. The van der Waals surface area contributed by atoms with Crippen LogP contribution in [0.15, 0.2) is 54.6 Å². The molecule has 0 unspecified atom stereocenters. The van der Waals surface area contributed by atoms with Crippen molar-refractivity contribution in [2.75, 3.05) is 40.9 Å². The van der Waals surface area contributed by atoms with Gasteiger partial charge in [-0.15, -0.1) is 0 Å². The number of ether oxygens (including phenoxy) is 2. The molecule has 1 amide bonds. The summed E-state index contributed by atoms with van der Waals surface area (Å²) < 4.78 is 10.9. The number of likely N-dealkylation sites (N-methyl/N-ethyl adjacent to an activating group) is 1. The Kier molecular flexibility index (Phi) is 7.32. The minimum Gasteiger partial charge on any atom is -0.497 e. The average molecular weight is 505 g/mol. The number of β-amino-alcohol motifs (C(OH)–C–C–N with tert-alkyl or cyclic N) is 1. The molecule has 2 aliphatic carbocycles. The largest absolute Gasteiger partial charge is 0.497 e. The number of hydrogen-bond acceptors (Lipinski definition) is 5. The molecule has 2 saturated carbocycles. The molecular formula is C31H40N2O4. The lowest BCUT2D eigenvalue weighted by Gasteiger charge is -2.59. The summed E-state index contributed by atoms with van der Waals surface area (Å²) in [5, 5.41) is 12.3. The van der Waals surface area contributed by atoms with Crippen molar-refractivity contribution in [3.8, 4) is 11.5 Å². The molecule has 2 aromatic rings. The predicted octanol–water partition coefficient (Wildman–Crippen LogP) is 4.51. The summed E-state index contributed by atoms with van der Waals surface area (Å²) in [6.07, 6.45) is 9.19. The molecule has 1 aliphatic heterocycles. The Morgan fingerprint density at radius 3 is 2.54 bits per heavy atom. The Morgan fingerprint density at radius 1 is 1.08 bits per heavy atom. The molecule has 0 bridgehead atoms. The highest BCUT2D eigenvalue weighted by Crippen LogP contribution is 2.53. The third-order valence-corrected chi connectivity index (χ3v) is 8.95. The van der Waals surface area contributed by atoms with Crippen LogP contribution in [0.5, 0.6) is 11.5 Å². The van der Waals surface area contributed by atoms with E-state index in [0.717, 1.165) is 60.9 Å². The van der Waals surface area contributed by atoms with Crippen molar-refractivity contribution >= 4 is 12.0 Å². The monoisotopic (exact) mass is 504 g/mol. The van der Waals surface area contributed by atoms with Gasteiger partial charge in [-0.2, -0.15) is 0 Å². The Morgan fingerprint density at radius 2 is 1.81 bits per heavy atom. The molecule has 6 heteroatoms. The summed E-state index contributed by atoms with van der Waals surface area (Å²) in [7, 11) is 5.22. The second-order valence-corrected chi connectivity index (χ2v) is 11.2. The van der Waals surface area contributed by atoms with Crippen LogP contribution in [-0.2, 0) is 10.2 Å². The highest BCUT2D eigenvalue weighted by atomic mass is 16.5. The van der Waals surface area contributed by atoms with E-state index >= 15 is 0 Å². The van der Waals surface area contributed by atoms with Crippen molar-refractivity contribution in [3.05, 3.63) is 65.7 Å². The zero-order valence-corrected chi connectivity index (χ0v) is 22.4. The third-order valence-electron chi connectivity index (χ3n) is 8.95. The number of nitrogens with zero attached hydrogens (tertiary/aromatic N) is 2. The van der Waals surface area contributed by atoms with Gasteiger partial charge >= 0.3 is 0 Å². The van der Waals surface area contributed by atoms with E-state index in [1.54, 1.807) is 20.3 Å². The van der Waals surface area contributed by atoms with Crippen molar-refractivity contribution in [3.63, 3.8) is 0 Å². The normalized spacial score (nSPS) is 28.1. The minimum atomic E-state index is -0.830. The molecule has 0 aromatic heterocycles. The number of rotatable bonds is 8. The van der Waals surface area contributed by atoms with Crippen LogP contribution in [0.25, 0.3) is 6.08 Å². The number of piperidine rings is 1. The fraction of sp³-hybridized carbons (Fsp3) is 0.516. The molecule has 1 N–H and O–H groups in total. The second kappa shape index (κ2) is 10.5. The topological polar surface area (TPSA) is 62.2 Å². The van der Waals surface area contributed by atoms with E-state index in [4.69, 9.17) is 9.47 Å². The van der Waals surface area contributed by atoms with Crippen molar-refractivity contribution in [2.45, 2.75) is 55.6 Å². The number of fused-ring (bicyclic) bond motifs is 1. The van der Waals surface area contributed by atoms with Gasteiger partial charge in [-0.25, -0.2) is 0 Å². The van der Waals surface area contributed by atoms with Gasteiger partial charge in [0.15, 0.2) is 0 Å². The Bertz CT molecular complexity index is 1150. The highest BCUT2D eigenvalue weighted by Gasteiger charge is 2.58. The van der Waals surface area contributed by atoms with E-state index in [9.17, 15) is 9.90 Å². The zero-order chi connectivity index (χ0) is 26.0. The van der Waals surface area contributed by atoms with Gasteiger partial charge in [0.1, 0.15) is 11.5 Å². The van der Waals surface area contributed by atoms with Gasteiger partial charge in [0.05, 0.1) is 19.8 Å². The summed E-state index contributed by atoms with van der Waals surface area (Å²) in [6.45, 7) is 2.75. The van der Waals surface area contributed by atoms with Crippen molar-refractivity contribution < 1.29 is 19.4 Å². The van der Waals surface area contributed by atoms with Crippen LogP contribution >= 0.6 is 0 Å². The van der Waals surface area contributed by atoms with Crippen molar-refractivity contribution in [1.82, 2.24) is 9.80 Å². The number of benzene rings is 2. The molecule has 0 radical (unpaired) electrons.